The minimum atomic E-state index is -0.252. The number of hydrogen-bond acceptors (Lipinski definition) is 5. The van der Waals surface area contributed by atoms with E-state index in [-0.39, 0.29) is 5.60 Å². The molecule has 1 atom stereocenters. The Morgan fingerprint density at radius 3 is 2.79 bits per heavy atom. The summed E-state index contributed by atoms with van der Waals surface area (Å²) < 4.78 is 8.25. The van der Waals surface area contributed by atoms with Crippen LogP contribution in [0, 0.1) is 0 Å². The van der Waals surface area contributed by atoms with Crippen molar-refractivity contribution in [2.45, 2.75) is 18.4 Å². The van der Waals surface area contributed by atoms with Crippen LogP contribution in [0.5, 0.6) is 0 Å². The van der Waals surface area contributed by atoms with Crippen LogP contribution in [0.25, 0.3) is 17.0 Å². The number of hydrogen-bond donors (Lipinski definition) is 0. The molecule has 1 unspecified atom stereocenters. The molecule has 144 valence electrons. The molecule has 29 heavy (non-hydrogen) atoms. The molecule has 0 saturated carbocycles. The molecule has 6 nitrogen and oxygen atoms in total. The fourth-order valence-corrected chi connectivity index (χ4v) is 4.73. The van der Waals surface area contributed by atoms with Gasteiger partial charge in [0.15, 0.2) is 0 Å². The lowest BCUT2D eigenvalue weighted by Gasteiger charge is -2.42. The highest BCUT2D eigenvalue weighted by atomic mass is 16.5. The molecule has 1 aliphatic heterocycles. The molecule has 0 amide bonds. The molecule has 1 spiro atoms. The van der Waals surface area contributed by atoms with Crippen molar-refractivity contribution in [2.75, 3.05) is 24.6 Å². The van der Waals surface area contributed by atoms with Crippen molar-refractivity contribution in [1.29, 1.82) is 0 Å². The Kier molecular flexibility index (Phi) is 3.67. The van der Waals surface area contributed by atoms with Gasteiger partial charge < -0.3 is 9.64 Å². The van der Waals surface area contributed by atoms with E-state index in [1.165, 1.54) is 11.1 Å². The lowest BCUT2D eigenvalue weighted by Crippen LogP contribution is -2.49. The minimum absolute atomic E-state index is 0.252. The van der Waals surface area contributed by atoms with Crippen LogP contribution in [-0.2, 0) is 16.8 Å². The SMILES string of the molecule is c1ccc(-c2cc(N3CCOC4(CCc5ccccc54)C3)n3ncnc3n2)cc1. The predicted molar refractivity (Wildman–Crippen MR) is 111 cm³/mol. The minimum Gasteiger partial charge on any atom is -0.367 e. The summed E-state index contributed by atoms with van der Waals surface area (Å²) in [5.41, 5.74) is 4.47. The van der Waals surface area contributed by atoms with Crippen LogP contribution in [0.4, 0.5) is 5.82 Å². The summed E-state index contributed by atoms with van der Waals surface area (Å²) in [6.45, 7) is 2.31. The number of benzene rings is 2. The van der Waals surface area contributed by atoms with E-state index < -0.39 is 0 Å². The monoisotopic (exact) mass is 383 g/mol. The molecule has 2 aromatic heterocycles. The lowest BCUT2D eigenvalue weighted by atomic mass is 9.93. The molecule has 0 N–H and O–H groups in total. The molecule has 1 saturated heterocycles. The van der Waals surface area contributed by atoms with Crippen LogP contribution in [0.1, 0.15) is 17.5 Å². The molecule has 0 bridgehead atoms. The Morgan fingerprint density at radius 1 is 1.00 bits per heavy atom. The molecule has 1 aliphatic carbocycles. The quantitative estimate of drug-likeness (QED) is 0.531. The van der Waals surface area contributed by atoms with Gasteiger partial charge in [-0.1, -0.05) is 54.6 Å². The van der Waals surface area contributed by atoms with Crippen LogP contribution >= 0.6 is 0 Å². The number of nitrogens with zero attached hydrogens (tertiary/aromatic N) is 5. The van der Waals surface area contributed by atoms with Crippen LogP contribution in [0.3, 0.4) is 0 Å². The number of rotatable bonds is 2. The summed E-state index contributed by atoms with van der Waals surface area (Å²) in [4.78, 5) is 11.5. The molecule has 6 rings (SSSR count). The zero-order valence-electron chi connectivity index (χ0n) is 16.0. The molecule has 2 aromatic carbocycles. The van der Waals surface area contributed by atoms with Crippen molar-refractivity contribution in [1.82, 2.24) is 19.6 Å². The molecule has 1 fully saturated rings. The van der Waals surface area contributed by atoms with Crippen molar-refractivity contribution in [3.8, 4) is 11.3 Å². The highest BCUT2D eigenvalue weighted by molar-refractivity contribution is 5.66. The van der Waals surface area contributed by atoms with Gasteiger partial charge in [-0.05, 0) is 24.0 Å². The smallest absolute Gasteiger partial charge is 0.254 e. The molecule has 4 aromatic rings. The van der Waals surface area contributed by atoms with Gasteiger partial charge in [-0.2, -0.15) is 14.6 Å². The van der Waals surface area contributed by atoms with Gasteiger partial charge in [-0.15, -0.1) is 0 Å². The summed E-state index contributed by atoms with van der Waals surface area (Å²) >= 11 is 0. The zero-order chi connectivity index (χ0) is 19.3. The Morgan fingerprint density at radius 2 is 1.86 bits per heavy atom. The third-order valence-electron chi connectivity index (χ3n) is 6.12. The van der Waals surface area contributed by atoms with E-state index in [0.29, 0.717) is 12.4 Å². The van der Waals surface area contributed by atoms with E-state index in [4.69, 9.17) is 9.72 Å². The van der Waals surface area contributed by atoms with Gasteiger partial charge in [0.2, 0.25) is 0 Å². The largest absolute Gasteiger partial charge is 0.367 e. The van der Waals surface area contributed by atoms with Gasteiger partial charge >= 0.3 is 0 Å². The maximum Gasteiger partial charge on any atom is 0.254 e. The van der Waals surface area contributed by atoms with E-state index in [1.54, 1.807) is 6.33 Å². The predicted octanol–water partition coefficient (Wildman–Crippen LogP) is 3.47. The topological polar surface area (TPSA) is 55.6 Å². The molecular formula is C23H21N5O. The Hall–Kier alpha value is -3.25. The summed E-state index contributed by atoms with van der Waals surface area (Å²) in [6.07, 6.45) is 3.65. The summed E-state index contributed by atoms with van der Waals surface area (Å²) in [5.74, 6) is 1.63. The highest BCUT2D eigenvalue weighted by Crippen LogP contribution is 2.43. The fraction of sp³-hybridized carbons (Fsp3) is 0.261. The van der Waals surface area contributed by atoms with Crippen molar-refractivity contribution in [3.05, 3.63) is 78.1 Å². The standard InChI is InChI=1S/C23H21N5O/c1-2-7-18(8-3-1)20-14-21(28-22(26-20)24-16-25-28)27-12-13-29-23(15-27)11-10-17-6-4-5-9-19(17)23/h1-9,14,16H,10-13,15H2. The van der Waals surface area contributed by atoms with Crippen LogP contribution in [0.2, 0.25) is 0 Å². The van der Waals surface area contributed by atoms with E-state index in [0.717, 1.165) is 43.0 Å². The summed E-state index contributed by atoms with van der Waals surface area (Å²) in [6, 6.07) is 21.0. The number of morpholine rings is 1. The lowest BCUT2D eigenvalue weighted by molar-refractivity contribution is -0.0595. The first-order valence-electron chi connectivity index (χ1n) is 10.1. The molecule has 2 aliphatic rings. The van der Waals surface area contributed by atoms with Crippen molar-refractivity contribution in [2.24, 2.45) is 0 Å². The Balaban J connectivity index is 1.45. The number of aromatic nitrogens is 4. The average molecular weight is 383 g/mol. The van der Waals surface area contributed by atoms with Crippen LogP contribution in [-0.4, -0.2) is 39.3 Å². The third kappa shape index (κ3) is 2.63. The number of aryl methyl sites for hydroxylation is 1. The second-order valence-electron chi connectivity index (χ2n) is 7.76. The number of fused-ring (bicyclic) bond motifs is 3. The first-order valence-corrected chi connectivity index (χ1v) is 10.1. The molecule has 6 heteroatoms. The summed E-state index contributed by atoms with van der Waals surface area (Å²) in [5, 5.41) is 4.45. The second-order valence-corrected chi connectivity index (χ2v) is 7.76. The van der Waals surface area contributed by atoms with E-state index in [2.05, 4.69) is 57.4 Å². The third-order valence-corrected chi connectivity index (χ3v) is 6.12. The van der Waals surface area contributed by atoms with Crippen LogP contribution in [0.15, 0.2) is 67.0 Å². The summed E-state index contributed by atoms with van der Waals surface area (Å²) in [7, 11) is 0. The van der Waals surface area contributed by atoms with Gasteiger partial charge in [-0.3, -0.25) is 0 Å². The van der Waals surface area contributed by atoms with Crippen molar-refractivity contribution in [3.63, 3.8) is 0 Å². The number of ether oxygens (including phenoxy) is 1. The fourth-order valence-electron chi connectivity index (χ4n) is 4.73. The Bertz CT molecular complexity index is 1180. The van der Waals surface area contributed by atoms with E-state index >= 15 is 0 Å². The van der Waals surface area contributed by atoms with Gasteiger partial charge in [0, 0.05) is 18.2 Å². The van der Waals surface area contributed by atoms with Crippen molar-refractivity contribution < 1.29 is 4.74 Å². The molecule has 3 heterocycles. The normalized spacial score (nSPS) is 21.0. The maximum atomic E-state index is 6.41. The molecule has 0 radical (unpaired) electrons. The second kappa shape index (κ2) is 6.39. The Labute approximate surface area is 168 Å². The van der Waals surface area contributed by atoms with Gasteiger partial charge in [0.25, 0.3) is 5.78 Å². The highest BCUT2D eigenvalue weighted by Gasteiger charge is 2.43. The van der Waals surface area contributed by atoms with E-state index in [1.807, 2.05) is 22.7 Å². The zero-order valence-corrected chi connectivity index (χ0v) is 16.0. The first kappa shape index (κ1) is 16.7. The van der Waals surface area contributed by atoms with Gasteiger partial charge in [0.05, 0.1) is 18.8 Å². The molecular weight excluding hydrogens is 362 g/mol. The van der Waals surface area contributed by atoms with Gasteiger partial charge in [-0.25, -0.2) is 4.98 Å². The first-order chi connectivity index (χ1) is 14.3. The number of anilines is 1. The average Bonchev–Trinajstić information content (AvgIpc) is 3.39. The van der Waals surface area contributed by atoms with Gasteiger partial charge in [0.1, 0.15) is 17.7 Å². The maximum absolute atomic E-state index is 6.41. The van der Waals surface area contributed by atoms with Crippen molar-refractivity contribution >= 4 is 11.6 Å². The van der Waals surface area contributed by atoms with E-state index in [9.17, 15) is 0 Å². The van der Waals surface area contributed by atoms with Crippen LogP contribution < -0.4 is 4.90 Å².